The molecule has 1 aromatic carbocycles. The van der Waals surface area contributed by atoms with Gasteiger partial charge in [-0.2, -0.15) is 20.5 Å². The van der Waals surface area contributed by atoms with Crippen LogP contribution in [-0.4, -0.2) is 36.0 Å². The van der Waals surface area contributed by atoms with Gasteiger partial charge in [0.1, 0.15) is 0 Å². The molecular weight excluding hydrogens is 192 g/mol. The first-order valence-corrected chi connectivity index (χ1v) is 4.65. The second kappa shape index (κ2) is 3.61. The molecule has 1 aliphatic heterocycles. The zero-order valence-corrected chi connectivity index (χ0v) is 8.69. The van der Waals surface area contributed by atoms with Crippen LogP contribution in [0.3, 0.4) is 0 Å². The molecule has 15 heavy (non-hydrogen) atoms. The number of hydrazone groups is 1. The number of benzene rings is 1. The molecule has 2 amide bonds. The molecule has 5 nitrogen and oxygen atoms in total. The zero-order chi connectivity index (χ0) is 10.8. The molecule has 0 aliphatic carbocycles. The number of rotatable bonds is 1. The van der Waals surface area contributed by atoms with Gasteiger partial charge < -0.3 is 0 Å². The van der Waals surface area contributed by atoms with Gasteiger partial charge in [-0.05, 0) is 12.1 Å². The van der Waals surface area contributed by atoms with Crippen LogP contribution in [0.15, 0.2) is 30.3 Å². The van der Waals surface area contributed by atoms with E-state index < -0.39 is 0 Å². The minimum absolute atomic E-state index is 0.130. The third kappa shape index (κ3) is 1.76. The van der Waals surface area contributed by atoms with Crippen LogP contribution in [0.1, 0.15) is 5.56 Å². The van der Waals surface area contributed by atoms with Crippen molar-refractivity contribution < 1.29 is 9.90 Å². The molecule has 78 valence electrons. The first-order valence-electron chi connectivity index (χ1n) is 4.65. The fourth-order valence-electron chi connectivity index (χ4n) is 1.41. The van der Waals surface area contributed by atoms with E-state index in [9.17, 15) is 4.79 Å². The Bertz CT molecular complexity index is 401. The first kappa shape index (κ1) is 9.51. The maximum Gasteiger partial charge on any atom is 0.390 e. The number of carbonyl (C=O) groups is 1. The Morgan fingerprint density at radius 1 is 1.20 bits per heavy atom. The Morgan fingerprint density at radius 2 is 1.87 bits per heavy atom. The van der Waals surface area contributed by atoms with E-state index in [-0.39, 0.29) is 6.03 Å². The highest BCUT2D eigenvalue weighted by Crippen LogP contribution is 1.98. The Hall–Kier alpha value is -2.04. The molecule has 2 N–H and O–H groups in total. The molecule has 0 fully saturated rings. The second-order valence-corrected chi connectivity index (χ2v) is 3.37. The van der Waals surface area contributed by atoms with E-state index in [1.165, 1.54) is 10.0 Å². The molecular formula is C10H13N4O+. The van der Waals surface area contributed by atoms with Crippen molar-refractivity contribution in [2.45, 2.75) is 0 Å². The summed E-state index contributed by atoms with van der Waals surface area (Å²) in [5.74, 6) is 0.792. The summed E-state index contributed by atoms with van der Waals surface area (Å²) in [6.45, 7) is 0. The van der Waals surface area contributed by atoms with Crippen LogP contribution in [-0.2, 0) is 0 Å². The van der Waals surface area contributed by atoms with Gasteiger partial charge >= 0.3 is 11.9 Å². The van der Waals surface area contributed by atoms with Gasteiger partial charge in [0, 0.05) is 0 Å². The van der Waals surface area contributed by atoms with E-state index in [0.29, 0.717) is 0 Å². The Morgan fingerprint density at radius 3 is 2.47 bits per heavy atom. The summed E-state index contributed by atoms with van der Waals surface area (Å²) in [4.78, 5) is 11.4. The maximum atomic E-state index is 11.4. The van der Waals surface area contributed by atoms with Crippen molar-refractivity contribution in [3.8, 4) is 0 Å². The summed E-state index contributed by atoms with van der Waals surface area (Å²) < 4.78 is 0. The average Bonchev–Trinajstić information content (AvgIpc) is 2.26. The standard InChI is InChI=1S/C10H12N4O/c1-13-10(15)14(2)12-9(11-13)8-6-4-3-5-7-8/h3-7H,1-2H3,(H,11,12)/p+1. The van der Waals surface area contributed by atoms with E-state index in [0.717, 1.165) is 11.4 Å². The minimum Gasteiger partial charge on any atom is -0.241 e. The van der Waals surface area contributed by atoms with Gasteiger partial charge in [0.15, 0.2) is 0 Å². The van der Waals surface area contributed by atoms with Crippen LogP contribution < -0.4 is 10.5 Å². The molecule has 0 saturated heterocycles. The number of amidine groups is 1. The average molecular weight is 205 g/mol. The molecule has 0 radical (unpaired) electrons. The summed E-state index contributed by atoms with van der Waals surface area (Å²) in [5, 5.41) is 5.82. The largest absolute Gasteiger partial charge is 0.390 e. The maximum absolute atomic E-state index is 11.4. The highest BCUT2D eigenvalue weighted by Gasteiger charge is 2.27. The third-order valence-corrected chi connectivity index (χ3v) is 2.20. The van der Waals surface area contributed by atoms with E-state index in [1.54, 1.807) is 14.1 Å². The van der Waals surface area contributed by atoms with Gasteiger partial charge in [0.25, 0.3) is 0 Å². The van der Waals surface area contributed by atoms with Crippen LogP contribution in [0.4, 0.5) is 4.79 Å². The fourth-order valence-corrected chi connectivity index (χ4v) is 1.41. The number of hydrazine groups is 2. The van der Waals surface area contributed by atoms with Crippen molar-refractivity contribution in [1.82, 2.24) is 15.4 Å². The number of amides is 2. The van der Waals surface area contributed by atoms with Crippen LogP contribution in [0.25, 0.3) is 0 Å². The van der Waals surface area contributed by atoms with Gasteiger partial charge in [-0.25, -0.2) is 4.79 Å². The van der Waals surface area contributed by atoms with Crippen molar-refractivity contribution in [1.29, 1.82) is 0 Å². The molecule has 2 rings (SSSR count). The van der Waals surface area contributed by atoms with Gasteiger partial charge in [0.2, 0.25) is 0 Å². The Balaban J connectivity index is 2.32. The number of hydrogen-bond donors (Lipinski definition) is 2. The first-order chi connectivity index (χ1) is 7.18. The van der Waals surface area contributed by atoms with Gasteiger partial charge in [-0.1, -0.05) is 18.2 Å². The fraction of sp³-hybridized carbons (Fsp3) is 0.200. The molecule has 1 aromatic rings. The molecule has 0 aromatic heterocycles. The summed E-state index contributed by atoms with van der Waals surface area (Å²) in [7, 11) is 3.37. The number of nitrogens with zero attached hydrogens (tertiary/aromatic N) is 2. The van der Waals surface area contributed by atoms with Crippen LogP contribution in [0.2, 0.25) is 0 Å². The van der Waals surface area contributed by atoms with E-state index in [2.05, 4.69) is 10.5 Å². The molecule has 0 bridgehead atoms. The van der Waals surface area contributed by atoms with E-state index in [1.807, 2.05) is 30.3 Å². The van der Waals surface area contributed by atoms with Crippen molar-refractivity contribution in [2.75, 3.05) is 14.1 Å². The summed E-state index contributed by atoms with van der Waals surface area (Å²) in [5.41, 5.74) is 3.96. The lowest BCUT2D eigenvalue weighted by molar-refractivity contribution is -0.621. The van der Waals surface area contributed by atoms with Gasteiger partial charge in [0.05, 0.1) is 19.7 Å². The number of carbonyl (C=O) groups excluding carboxylic acids is 1. The Kier molecular flexibility index (Phi) is 2.29. The highest BCUT2D eigenvalue weighted by molar-refractivity contribution is 5.96. The van der Waals surface area contributed by atoms with E-state index >= 15 is 0 Å². The molecule has 1 heterocycles. The summed E-state index contributed by atoms with van der Waals surface area (Å²) in [6, 6.07) is 9.64. The summed E-state index contributed by atoms with van der Waals surface area (Å²) in [6.07, 6.45) is 0. The van der Waals surface area contributed by atoms with Gasteiger partial charge in [-0.3, -0.25) is 0 Å². The predicted molar refractivity (Wildman–Crippen MR) is 55.6 cm³/mol. The molecule has 0 spiro atoms. The quantitative estimate of drug-likeness (QED) is 0.613. The smallest absolute Gasteiger partial charge is 0.241 e. The topological polar surface area (TPSA) is 49.6 Å². The normalized spacial score (nSPS) is 16.1. The lowest BCUT2D eigenvalue weighted by Gasteiger charge is -2.23. The third-order valence-electron chi connectivity index (χ3n) is 2.20. The monoisotopic (exact) mass is 205 g/mol. The SMILES string of the molecule is CN1NC(c2ccccc2)=[NH+]N(C)C1=O. The zero-order valence-electron chi connectivity index (χ0n) is 8.69. The second-order valence-electron chi connectivity index (χ2n) is 3.37. The number of nitrogens with one attached hydrogen (secondary N) is 2. The van der Waals surface area contributed by atoms with E-state index in [4.69, 9.17) is 0 Å². The molecule has 0 saturated carbocycles. The molecule has 0 unspecified atom stereocenters. The predicted octanol–water partition coefficient (Wildman–Crippen LogP) is -1.07. The lowest BCUT2D eigenvalue weighted by atomic mass is 10.2. The molecule has 1 aliphatic rings. The molecule has 0 atom stereocenters. The highest BCUT2D eigenvalue weighted by atomic mass is 16.2. The van der Waals surface area contributed by atoms with Crippen LogP contribution >= 0.6 is 0 Å². The van der Waals surface area contributed by atoms with Crippen molar-refractivity contribution in [2.24, 2.45) is 0 Å². The number of urea groups is 1. The minimum atomic E-state index is -0.130. The van der Waals surface area contributed by atoms with Gasteiger partial charge in [-0.15, -0.1) is 0 Å². The van der Waals surface area contributed by atoms with Crippen molar-refractivity contribution in [3.05, 3.63) is 35.9 Å². The summed E-state index contributed by atoms with van der Waals surface area (Å²) >= 11 is 0. The van der Waals surface area contributed by atoms with Crippen LogP contribution in [0.5, 0.6) is 0 Å². The number of hydrogen-bond acceptors (Lipinski definition) is 2. The van der Waals surface area contributed by atoms with Crippen molar-refractivity contribution in [3.63, 3.8) is 0 Å². The van der Waals surface area contributed by atoms with Crippen molar-refractivity contribution >= 4 is 11.9 Å². The molecule has 5 heteroatoms. The van der Waals surface area contributed by atoms with Crippen LogP contribution in [0, 0.1) is 0 Å². The Labute approximate surface area is 88.0 Å². The lowest BCUT2D eigenvalue weighted by Crippen LogP contribution is -2.91.